The van der Waals surface area contributed by atoms with Crippen LogP contribution in [-0.2, 0) is 0 Å². The largest absolute Gasteiger partial charge is 0.456 e. The molecule has 35 heavy (non-hydrogen) atoms. The molecule has 0 spiro atoms. The first kappa shape index (κ1) is 20.9. The van der Waals surface area contributed by atoms with Gasteiger partial charge in [0.25, 0.3) is 0 Å². The fraction of sp³-hybridized carbons (Fsp3) is 0. The molecule has 0 bridgehead atoms. The van der Waals surface area contributed by atoms with Crippen molar-refractivity contribution in [1.29, 1.82) is 0 Å². The number of ether oxygens (including phenoxy) is 1. The van der Waals surface area contributed by atoms with Crippen molar-refractivity contribution in [2.75, 3.05) is 4.90 Å². The molecule has 5 aromatic carbocycles. The Morgan fingerprint density at radius 1 is 0.543 bits per heavy atom. The molecule has 1 aliphatic heterocycles. The van der Waals surface area contributed by atoms with Crippen molar-refractivity contribution in [3.63, 3.8) is 0 Å². The van der Waals surface area contributed by atoms with Gasteiger partial charge in [0.15, 0.2) is 0 Å². The van der Waals surface area contributed by atoms with E-state index in [9.17, 15) is 0 Å². The summed E-state index contributed by atoms with van der Waals surface area (Å²) in [5.41, 5.74) is 6.06. The number of benzene rings is 5. The second-order valence-electron chi connectivity index (χ2n) is 8.36. The summed E-state index contributed by atoms with van der Waals surface area (Å²) < 4.78 is 21.7. The molecule has 0 unspecified atom stereocenters. The molecule has 3 heteroatoms. The SMILES string of the molecule is Fc1cc(N(c2ccccc2)c2ccccc2)ccc1C=C1c2ccccc2Oc2ccccc21. The number of anilines is 3. The van der Waals surface area contributed by atoms with Gasteiger partial charge in [0.1, 0.15) is 17.3 Å². The molecule has 0 fully saturated rings. The molecule has 0 saturated carbocycles. The topological polar surface area (TPSA) is 12.5 Å². The van der Waals surface area contributed by atoms with Crippen LogP contribution < -0.4 is 9.64 Å². The number of hydrogen-bond acceptors (Lipinski definition) is 2. The van der Waals surface area contributed by atoms with Gasteiger partial charge in [0.2, 0.25) is 0 Å². The van der Waals surface area contributed by atoms with E-state index >= 15 is 4.39 Å². The van der Waals surface area contributed by atoms with E-state index in [4.69, 9.17) is 4.74 Å². The van der Waals surface area contributed by atoms with Gasteiger partial charge in [0.05, 0.1) is 0 Å². The first-order valence-electron chi connectivity index (χ1n) is 11.6. The molecule has 0 N–H and O–H groups in total. The molecule has 0 amide bonds. The Balaban J connectivity index is 1.46. The van der Waals surface area contributed by atoms with Gasteiger partial charge in [-0.15, -0.1) is 0 Å². The van der Waals surface area contributed by atoms with E-state index in [0.29, 0.717) is 5.56 Å². The fourth-order valence-corrected chi connectivity index (χ4v) is 4.50. The first-order chi connectivity index (χ1) is 17.3. The minimum atomic E-state index is -0.284. The van der Waals surface area contributed by atoms with E-state index in [1.165, 1.54) is 0 Å². The van der Waals surface area contributed by atoms with E-state index in [1.807, 2.05) is 127 Å². The molecular formula is C32H22FNO. The highest BCUT2D eigenvalue weighted by Gasteiger charge is 2.22. The van der Waals surface area contributed by atoms with Crippen molar-refractivity contribution in [3.05, 3.63) is 150 Å². The van der Waals surface area contributed by atoms with Gasteiger partial charge in [-0.2, -0.15) is 0 Å². The third-order valence-electron chi connectivity index (χ3n) is 6.15. The summed E-state index contributed by atoms with van der Waals surface area (Å²) in [5, 5.41) is 0. The summed E-state index contributed by atoms with van der Waals surface area (Å²) >= 11 is 0. The maximum absolute atomic E-state index is 15.6. The zero-order valence-electron chi connectivity index (χ0n) is 18.9. The Bertz CT molecular complexity index is 1440. The molecule has 0 aromatic heterocycles. The molecule has 2 nitrogen and oxygen atoms in total. The van der Waals surface area contributed by atoms with Crippen LogP contribution in [0.15, 0.2) is 127 Å². The average molecular weight is 456 g/mol. The zero-order valence-corrected chi connectivity index (χ0v) is 18.9. The maximum Gasteiger partial charge on any atom is 0.135 e. The predicted octanol–water partition coefficient (Wildman–Crippen LogP) is 8.99. The molecule has 5 aromatic rings. The van der Waals surface area contributed by atoms with Gasteiger partial charge in [0, 0.05) is 33.8 Å². The van der Waals surface area contributed by atoms with E-state index in [0.717, 1.165) is 45.3 Å². The quantitative estimate of drug-likeness (QED) is 0.263. The van der Waals surface area contributed by atoms with Gasteiger partial charge in [-0.1, -0.05) is 72.8 Å². The monoisotopic (exact) mass is 455 g/mol. The van der Waals surface area contributed by atoms with Crippen LogP contribution in [0, 0.1) is 5.82 Å². The lowest BCUT2D eigenvalue weighted by Gasteiger charge is -2.26. The smallest absolute Gasteiger partial charge is 0.135 e. The number of fused-ring (bicyclic) bond motifs is 2. The summed E-state index contributed by atoms with van der Waals surface area (Å²) in [4.78, 5) is 2.05. The molecule has 0 atom stereocenters. The van der Waals surface area contributed by atoms with E-state index in [2.05, 4.69) is 4.90 Å². The van der Waals surface area contributed by atoms with Crippen molar-refractivity contribution in [2.24, 2.45) is 0 Å². The lowest BCUT2D eigenvalue weighted by atomic mass is 9.92. The van der Waals surface area contributed by atoms with Gasteiger partial charge >= 0.3 is 0 Å². The Kier molecular flexibility index (Phi) is 5.36. The van der Waals surface area contributed by atoms with Crippen LogP contribution in [0.1, 0.15) is 16.7 Å². The van der Waals surface area contributed by atoms with Crippen molar-refractivity contribution in [2.45, 2.75) is 0 Å². The third-order valence-corrected chi connectivity index (χ3v) is 6.15. The van der Waals surface area contributed by atoms with E-state index < -0.39 is 0 Å². The number of nitrogens with zero attached hydrogens (tertiary/aromatic N) is 1. The summed E-state index contributed by atoms with van der Waals surface area (Å²) in [6.45, 7) is 0. The Morgan fingerprint density at radius 2 is 1.06 bits per heavy atom. The van der Waals surface area contributed by atoms with Gasteiger partial charge in [-0.05, 0) is 66.2 Å². The minimum Gasteiger partial charge on any atom is -0.456 e. The summed E-state index contributed by atoms with van der Waals surface area (Å²) in [6, 6.07) is 41.2. The summed E-state index contributed by atoms with van der Waals surface area (Å²) in [5.74, 6) is 1.26. The Hall–Kier alpha value is -4.63. The highest BCUT2D eigenvalue weighted by molar-refractivity contribution is 5.97. The first-order valence-corrected chi connectivity index (χ1v) is 11.6. The molecule has 0 saturated heterocycles. The van der Waals surface area contributed by atoms with Crippen LogP contribution in [0.3, 0.4) is 0 Å². The molecule has 0 radical (unpaired) electrons. The van der Waals surface area contributed by atoms with Crippen LogP contribution in [0.5, 0.6) is 11.5 Å². The Labute approximate surface area is 204 Å². The summed E-state index contributed by atoms with van der Waals surface area (Å²) in [6.07, 6.45) is 1.91. The van der Waals surface area contributed by atoms with Gasteiger partial charge in [-0.3, -0.25) is 0 Å². The molecule has 1 heterocycles. The maximum atomic E-state index is 15.6. The van der Waals surface area contributed by atoms with Crippen molar-refractivity contribution in [1.82, 2.24) is 0 Å². The third kappa shape index (κ3) is 3.98. The normalized spacial score (nSPS) is 11.7. The molecule has 6 rings (SSSR count). The van der Waals surface area contributed by atoms with E-state index in [1.54, 1.807) is 6.07 Å². The van der Waals surface area contributed by atoms with E-state index in [-0.39, 0.29) is 5.82 Å². The average Bonchev–Trinajstić information content (AvgIpc) is 2.91. The van der Waals surface area contributed by atoms with Crippen LogP contribution in [0.25, 0.3) is 11.6 Å². The molecular weight excluding hydrogens is 433 g/mol. The van der Waals surface area contributed by atoms with Gasteiger partial charge in [-0.25, -0.2) is 4.39 Å². The molecule has 0 aliphatic carbocycles. The standard InChI is InChI=1S/C32H22FNO/c33-30-22-26(34(24-11-3-1-4-12-24)25-13-5-2-6-14-25)20-19-23(30)21-29-27-15-7-9-17-31(27)35-32-18-10-8-16-28(29)32/h1-22H. The minimum absolute atomic E-state index is 0.284. The number of hydrogen-bond donors (Lipinski definition) is 0. The van der Waals surface area contributed by atoms with Crippen molar-refractivity contribution in [3.8, 4) is 11.5 Å². The summed E-state index contributed by atoms with van der Waals surface area (Å²) in [7, 11) is 0. The van der Waals surface area contributed by atoms with Crippen molar-refractivity contribution < 1.29 is 9.13 Å². The van der Waals surface area contributed by atoms with Crippen molar-refractivity contribution >= 4 is 28.7 Å². The lowest BCUT2D eigenvalue weighted by molar-refractivity contribution is 0.474. The van der Waals surface area contributed by atoms with Crippen LogP contribution in [-0.4, -0.2) is 0 Å². The zero-order chi connectivity index (χ0) is 23.6. The van der Waals surface area contributed by atoms with Crippen LogP contribution >= 0.6 is 0 Å². The predicted molar refractivity (Wildman–Crippen MR) is 141 cm³/mol. The second-order valence-corrected chi connectivity index (χ2v) is 8.36. The molecule has 168 valence electrons. The number of rotatable bonds is 4. The highest BCUT2D eigenvalue weighted by atomic mass is 19.1. The molecule has 1 aliphatic rings. The Morgan fingerprint density at radius 3 is 1.60 bits per heavy atom. The van der Waals surface area contributed by atoms with Crippen LogP contribution in [0.2, 0.25) is 0 Å². The second kappa shape index (κ2) is 8.96. The number of halogens is 1. The number of para-hydroxylation sites is 4. The highest BCUT2D eigenvalue weighted by Crippen LogP contribution is 2.44. The van der Waals surface area contributed by atoms with Gasteiger partial charge < -0.3 is 9.64 Å². The van der Waals surface area contributed by atoms with Crippen LogP contribution in [0.4, 0.5) is 21.5 Å². The lowest BCUT2D eigenvalue weighted by Crippen LogP contribution is -2.10. The fourth-order valence-electron chi connectivity index (χ4n) is 4.50.